The zero-order valence-electron chi connectivity index (χ0n) is 21.8. The minimum Gasteiger partial charge on any atom is -0.477 e. The van der Waals surface area contributed by atoms with Crippen LogP contribution in [0.1, 0.15) is 123 Å². The summed E-state index contributed by atoms with van der Waals surface area (Å²) in [6.07, 6.45) is 21.3. The molecule has 198 valence electrons. The van der Waals surface area contributed by atoms with Crippen LogP contribution in [-0.2, 0) is 23.7 Å². The van der Waals surface area contributed by atoms with Crippen molar-refractivity contribution >= 4 is 5.97 Å². The van der Waals surface area contributed by atoms with E-state index in [-0.39, 0.29) is 6.61 Å². The van der Waals surface area contributed by atoms with Crippen LogP contribution in [0.5, 0.6) is 0 Å². The number of ether oxygens (including phenoxy) is 4. The van der Waals surface area contributed by atoms with Crippen LogP contribution in [0.15, 0.2) is 0 Å². The molecule has 6 nitrogen and oxygen atoms in total. The highest BCUT2D eigenvalue weighted by Gasteiger charge is 2.18. The molecule has 0 aromatic rings. The normalized spacial score (nSPS) is 12.3. The Kier molecular flexibility index (Phi) is 27.0. The largest absolute Gasteiger partial charge is 0.477 e. The fourth-order valence-corrected chi connectivity index (χ4v) is 3.79. The van der Waals surface area contributed by atoms with Gasteiger partial charge >= 0.3 is 5.97 Å². The quantitative estimate of drug-likeness (QED) is 0.0960. The highest BCUT2D eigenvalue weighted by Crippen LogP contribution is 2.14. The molecule has 0 saturated heterocycles. The number of hydrogen-bond acceptors (Lipinski definition) is 5. The second kappa shape index (κ2) is 27.6. The Morgan fingerprint density at radius 3 is 1.39 bits per heavy atom. The van der Waals surface area contributed by atoms with Crippen molar-refractivity contribution in [3.05, 3.63) is 0 Å². The van der Waals surface area contributed by atoms with Gasteiger partial charge in [-0.15, -0.1) is 0 Å². The minimum atomic E-state index is -1.21. The van der Waals surface area contributed by atoms with Crippen LogP contribution in [0.4, 0.5) is 0 Å². The Labute approximate surface area is 204 Å². The van der Waals surface area contributed by atoms with Crippen molar-refractivity contribution in [3.8, 4) is 0 Å². The zero-order chi connectivity index (χ0) is 24.2. The molecular weight excluding hydrogens is 420 g/mol. The first-order valence-electron chi connectivity index (χ1n) is 13.8. The molecule has 0 spiro atoms. The monoisotopic (exact) mass is 474 g/mol. The second-order valence-corrected chi connectivity index (χ2v) is 8.88. The minimum absolute atomic E-state index is 0.197. The van der Waals surface area contributed by atoms with Crippen molar-refractivity contribution in [2.45, 2.75) is 129 Å². The Hall–Kier alpha value is -0.690. The maximum Gasteiger partial charge on any atom is 0.361 e. The van der Waals surface area contributed by atoms with Gasteiger partial charge in [0.05, 0.1) is 33.0 Å². The van der Waals surface area contributed by atoms with E-state index < -0.39 is 12.3 Å². The highest BCUT2D eigenvalue weighted by atomic mass is 16.7. The molecule has 0 aliphatic heterocycles. The molecule has 0 rings (SSSR count). The second-order valence-electron chi connectivity index (χ2n) is 8.88. The number of unbranched alkanes of at least 4 members (excludes halogenated alkanes) is 16. The third kappa shape index (κ3) is 25.8. The molecule has 0 aromatic carbocycles. The molecule has 0 heterocycles. The summed E-state index contributed by atoms with van der Waals surface area (Å²) in [5.74, 6) is -1.09. The number of rotatable bonds is 28. The summed E-state index contributed by atoms with van der Waals surface area (Å²) in [6.45, 7) is 6.83. The van der Waals surface area contributed by atoms with E-state index in [0.717, 1.165) is 12.8 Å². The molecule has 0 aromatic heterocycles. The van der Waals surface area contributed by atoms with Crippen molar-refractivity contribution in [1.29, 1.82) is 0 Å². The molecule has 6 heteroatoms. The van der Waals surface area contributed by atoms with Crippen molar-refractivity contribution in [2.24, 2.45) is 0 Å². The van der Waals surface area contributed by atoms with Crippen LogP contribution < -0.4 is 0 Å². The molecular formula is C27H54O6. The average molecular weight is 475 g/mol. The Morgan fingerprint density at radius 1 is 0.545 bits per heavy atom. The molecule has 0 saturated carbocycles. The lowest BCUT2D eigenvalue weighted by Crippen LogP contribution is -2.29. The van der Waals surface area contributed by atoms with Gasteiger partial charge in [-0.25, -0.2) is 4.79 Å². The van der Waals surface area contributed by atoms with Crippen molar-refractivity contribution in [1.82, 2.24) is 0 Å². The summed E-state index contributed by atoms with van der Waals surface area (Å²) in [5.41, 5.74) is 0. The first kappa shape index (κ1) is 32.3. The van der Waals surface area contributed by atoms with Gasteiger partial charge in [-0.2, -0.15) is 0 Å². The van der Waals surface area contributed by atoms with Gasteiger partial charge in [0.2, 0.25) is 0 Å². The maximum absolute atomic E-state index is 11.2. The summed E-state index contributed by atoms with van der Waals surface area (Å²) >= 11 is 0. The Balaban J connectivity index is 3.33. The average Bonchev–Trinajstić information content (AvgIpc) is 2.81. The lowest BCUT2D eigenvalue weighted by Gasteiger charge is -2.14. The van der Waals surface area contributed by atoms with E-state index in [0.29, 0.717) is 33.0 Å². The smallest absolute Gasteiger partial charge is 0.361 e. The van der Waals surface area contributed by atoms with Crippen LogP contribution in [0.3, 0.4) is 0 Å². The van der Waals surface area contributed by atoms with Gasteiger partial charge in [0.25, 0.3) is 6.29 Å². The van der Waals surface area contributed by atoms with E-state index in [4.69, 9.17) is 18.9 Å². The molecule has 0 aliphatic rings. The van der Waals surface area contributed by atoms with Crippen LogP contribution in [0.25, 0.3) is 0 Å². The predicted octanol–water partition coefficient (Wildman–Crippen LogP) is 7.14. The van der Waals surface area contributed by atoms with Gasteiger partial charge in [-0.3, -0.25) is 0 Å². The van der Waals surface area contributed by atoms with Gasteiger partial charge in [-0.05, 0) is 13.3 Å². The van der Waals surface area contributed by atoms with Gasteiger partial charge in [-0.1, -0.05) is 110 Å². The van der Waals surface area contributed by atoms with Gasteiger partial charge < -0.3 is 24.1 Å². The maximum atomic E-state index is 11.2. The third-order valence-electron chi connectivity index (χ3n) is 5.79. The topological polar surface area (TPSA) is 74.2 Å². The molecule has 33 heavy (non-hydrogen) atoms. The number of carboxylic acids is 1. The summed E-state index contributed by atoms with van der Waals surface area (Å²) < 4.78 is 21.1. The zero-order valence-corrected chi connectivity index (χ0v) is 21.8. The van der Waals surface area contributed by atoms with Crippen LogP contribution in [0, 0.1) is 0 Å². The lowest BCUT2D eigenvalue weighted by atomic mass is 10.0. The lowest BCUT2D eigenvalue weighted by molar-refractivity contribution is -0.192. The Morgan fingerprint density at radius 2 is 0.939 bits per heavy atom. The van der Waals surface area contributed by atoms with E-state index in [1.807, 2.05) is 6.92 Å². The highest BCUT2D eigenvalue weighted by molar-refractivity contribution is 5.70. The molecule has 1 unspecified atom stereocenters. The van der Waals surface area contributed by atoms with E-state index in [2.05, 4.69) is 6.92 Å². The standard InChI is InChI=1S/C27H54O6/c1-3-5-6-7-8-9-10-11-12-13-14-15-16-17-18-19-20-21-32-27(26(28)29)33-25-24-31-23-22-30-4-2/h27H,3-25H2,1-2H3,(H,28,29). The van der Waals surface area contributed by atoms with E-state index in [1.165, 1.54) is 96.3 Å². The first-order chi connectivity index (χ1) is 16.2. The van der Waals surface area contributed by atoms with Gasteiger partial charge in [0, 0.05) is 6.61 Å². The number of aliphatic carboxylic acids is 1. The fraction of sp³-hybridized carbons (Fsp3) is 0.963. The summed E-state index contributed by atoms with van der Waals surface area (Å²) in [6, 6.07) is 0. The summed E-state index contributed by atoms with van der Waals surface area (Å²) in [4.78, 5) is 11.2. The first-order valence-corrected chi connectivity index (χ1v) is 13.8. The van der Waals surface area contributed by atoms with Gasteiger partial charge in [0.1, 0.15) is 0 Å². The number of hydrogen-bond donors (Lipinski definition) is 1. The molecule has 1 atom stereocenters. The van der Waals surface area contributed by atoms with Gasteiger partial charge in [0.15, 0.2) is 0 Å². The third-order valence-corrected chi connectivity index (χ3v) is 5.79. The molecule has 0 radical (unpaired) electrons. The summed E-state index contributed by atoms with van der Waals surface area (Å²) in [5, 5.41) is 9.18. The summed E-state index contributed by atoms with van der Waals surface area (Å²) in [7, 11) is 0. The van der Waals surface area contributed by atoms with Crippen LogP contribution in [-0.4, -0.2) is 57.0 Å². The fourth-order valence-electron chi connectivity index (χ4n) is 3.79. The molecule has 0 fully saturated rings. The van der Waals surface area contributed by atoms with Crippen molar-refractivity contribution in [3.63, 3.8) is 0 Å². The number of carboxylic acid groups (broad SMARTS) is 1. The SMILES string of the molecule is CCCCCCCCCCCCCCCCCCCOC(OCCOCCOCC)C(=O)O. The van der Waals surface area contributed by atoms with Crippen LogP contribution in [0.2, 0.25) is 0 Å². The van der Waals surface area contributed by atoms with Crippen molar-refractivity contribution in [2.75, 3.05) is 39.6 Å². The molecule has 0 bridgehead atoms. The number of carbonyl (C=O) groups is 1. The van der Waals surface area contributed by atoms with E-state index >= 15 is 0 Å². The van der Waals surface area contributed by atoms with E-state index in [1.54, 1.807) is 0 Å². The molecule has 1 N–H and O–H groups in total. The van der Waals surface area contributed by atoms with Crippen molar-refractivity contribution < 1.29 is 28.8 Å². The molecule has 0 amide bonds. The predicted molar refractivity (Wildman–Crippen MR) is 135 cm³/mol. The van der Waals surface area contributed by atoms with E-state index in [9.17, 15) is 9.90 Å². The van der Waals surface area contributed by atoms with Crippen LogP contribution >= 0.6 is 0 Å². The molecule has 0 aliphatic carbocycles. The Bertz CT molecular complexity index is 391.